The van der Waals surface area contributed by atoms with Crippen molar-refractivity contribution in [2.75, 3.05) is 13.2 Å². The minimum atomic E-state index is 0.415. The van der Waals surface area contributed by atoms with Gasteiger partial charge in [0, 0.05) is 6.54 Å². The van der Waals surface area contributed by atoms with Crippen LogP contribution in [0, 0.1) is 0 Å². The highest BCUT2D eigenvalue weighted by atomic mass is 16.5. The van der Waals surface area contributed by atoms with Crippen molar-refractivity contribution in [3.63, 3.8) is 0 Å². The van der Waals surface area contributed by atoms with E-state index >= 15 is 0 Å². The van der Waals surface area contributed by atoms with E-state index in [0.29, 0.717) is 18.2 Å². The number of guanidine groups is 1. The lowest BCUT2D eigenvalue weighted by atomic mass is 10.2. The maximum absolute atomic E-state index is 5.93. The Bertz CT molecular complexity index is 249. The molecule has 2 heterocycles. The molecule has 2 bridgehead atoms. The van der Waals surface area contributed by atoms with Crippen LogP contribution < -0.4 is 5.73 Å². The summed E-state index contributed by atoms with van der Waals surface area (Å²) in [6, 6.07) is 1.03. The van der Waals surface area contributed by atoms with Crippen molar-refractivity contribution in [1.82, 2.24) is 4.90 Å². The predicted octanol–water partition coefficient (Wildman–Crippen LogP) is -0.0634. The molecular formula is C9H15N3O. The zero-order valence-electron chi connectivity index (χ0n) is 7.65. The zero-order chi connectivity index (χ0) is 8.84. The van der Waals surface area contributed by atoms with Gasteiger partial charge < -0.3 is 15.4 Å². The average Bonchev–Trinajstić information content (AvgIpc) is 2.71. The number of morpholine rings is 1. The van der Waals surface area contributed by atoms with Crippen LogP contribution in [0.3, 0.4) is 0 Å². The van der Waals surface area contributed by atoms with Crippen molar-refractivity contribution >= 4 is 5.96 Å². The molecule has 3 rings (SSSR count). The number of rotatable bonds is 1. The van der Waals surface area contributed by atoms with Crippen LogP contribution in [-0.4, -0.2) is 42.2 Å². The molecule has 4 nitrogen and oxygen atoms in total. The number of ether oxygens (including phenoxy) is 1. The third kappa shape index (κ3) is 1.29. The smallest absolute Gasteiger partial charge is 0.191 e. The van der Waals surface area contributed by atoms with Gasteiger partial charge in [-0.3, -0.25) is 0 Å². The molecule has 3 aliphatic rings. The van der Waals surface area contributed by atoms with Gasteiger partial charge >= 0.3 is 0 Å². The molecule has 2 unspecified atom stereocenters. The van der Waals surface area contributed by atoms with Crippen molar-refractivity contribution in [1.29, 1.82) is 0 Å². The lowest BCUT2D eigenvalue weighted by Gasteiger charge is -2.27. The first-order valence-electron chi connectivity index (χ1n) is 5.04. The summed E-state index contributed by atoms with van der Waals surface area (Å²) < 4.78 is 5.50. The Morgan fingerprint density at radius 1 is 1.46 bits per heavy atom. The van der Waals surface area contributed by atoms with Crippen molar-refractivity contribution in [2.45, 2.75) is 37.5 Å². The fourth-order valence-electron chi connectivity index (χ4n) is 2.15. The maximum Gasteiger partial charge on any atom is 0.191 e. The average molecular weight is 181 g/mol. The topological polar surface area (TPSA) is 50.8 Å². The SMILES string of the molecule is NC(=NC1CC1)N1CC2CC1CO2. The Morgan fingerprint density at radius 3 is 2.85 bits per heavy atom. The number of hydrogen-bond acceptors (Lipinski definition) is 2. The van der Waals surface area contributed by atoms with Crippen molar-refractivity contribution in [3.05, 3.63) is 0 Å². The number of aliphatic imine (C=N–C) groups is 1. The van der Waals surface area contributed by atoms with E-state index in [1.54, 1.807) is 0 Å². The van der Waals surface area contributed by atoms with Crippen LogP contribution >= 0.6 is 0 Å². The Balaban J connectivity index is 1.71. The summed E-state index contributed by atoms with van der Waals surface area (Å²) in [6.45, 7) is 1.79. The van der Waals surface area contributed by atoms with E-state index in [9.17, 15) is 0 Å². The molecule has 0 amide bonds. The van der Waals surface area contributed by atoms with Gasteiger partial charge in [0.25, 0.3) is 0 Å². The summed E-state index contributed by atoms with van der Waals surface area (Å²) in [7, 11) is 0. The normalized spacial score (nSPS) is 38.8. The van der Waals surface area contributed by atoms with Gasteiger partial charge in [0.2, 0.25) is 0 Å². The second kappa shape index (κ2) is 2.61. The number of likely N-dealkylation sites (tertiary alicyclic amines) is 1. The molecular weight excluding hydrogens is 166 g/mol. The number of nitrogens with zero attached hydrogens (tertiary/aromatic N) is 2. The largest absolute Gasteiger partial charge is 0.374 e. The highest BCUT2D eigenvalue weighted by molar-refractivity contribution is 5.79. The third-order valence-corrected chi connectivity index (χ3v) is 3.06. The molecule has 2 atom stereocenters. The molecule has 4 heteroatoms. The van der Waals surface area contributed by atoms with E-state index in [4.69, 9.17) is 10.5 Å². The second-order valence-electron chi connectivity index (χ2n) is 4.22. The molecule has 13 heavy (non-hydrogen) atoms. The van der Waals surface area contributed by atoms with Crippen LogP contribution in [0.4, 0.5) is 0 Å². The van der Waals surface area contributed by atoms with E-state index in [1.165, 1.54) is 12.8 Å². The van der Waals surface area contributed by atoms with Crippen LogP contribution in [0.1, 0.15) is 19.3 Å². The molecule has 1 saturated carbocycles. The molecule has 2 aliphatic heterocycles. The zero-order valence-corrected chi connectivity index (χ0v) is 7.65. The second-order valence-corrected chi connectivity index (χ2v) is 4.22. The van der Waals surface area contributed by atoms with Gasteiger partial charge in [0.1, 0.15) is 0 Å². The monoisotopic (exact) mass is 181 g/mol. The molecule has 0 radical (unpaired) electrons. The Morgan fingerprint density at radius 2 is 2.31 bits per heavy atom. The van der Waals surface area contributed by atoms with Gasteiger partial charge in [-0.2, -0.15) is 0 Å². The minimum Gasteiger partial charge on any atom is -0.374 e. The van der Waals surface area contributed by atoms with Crippen LogP contribution in [0.25, 0.3) is 0 Å². The lowest BCUT2D eigenvalue weighted by molar-refractivity contribution is 0.0561. The summed E-state index contributed by atoms with van der Waals surface area (Å²) in [6.07, 6.45) is 4.00. The Labute approximate surface area is 77.7 Å². The van der Waals surface area contributed by atoms with Gasteiger partial charge in [0.05, 0.1) is 24.8 Å². The first-order chi connectivity index (χ1) is 6.33. The standard InChI is InChI=1S/C9H15N3O/c10-9(11-6-1-2-6)12-4-8-3-7(12)5-13-8/h6-8H,1-5H2,(H2,10,11). The van der Waals surface area contributed by atoms with Crippen LogP contribution in [0.2, 0.25) is 0 Å². The van der Waals surface area contributed by atoms with E-state index in [-0.39, 0.29) is 0 Å². The minimum absolute atomic E-state index is 0.415. The van der Waals surface area contributed by atoms with E-state index in [0.717, 1.165) is 25.5 Å². The van der Waals surface area contributed by atoms with Crippen molar-refractivity contribution in [3.8, 4) is 0 Å². The van der Waals surface area contributed by atoms with Gasteiger partial charge in [-0.15, -0.1) is 0 Å². The molecule has 72 valence electrons. The molecule has 0 spiro atoms. The third-order valence-electron chi connectivity index (χ3n) is 3.06. The van der Waals surface area contributed by atoms with Gasteiger partial charge in [-0.1, -0.05) is 0 Å². The van der Waals surface area contributed by atoms with Gasteiger partial charge in [-0.05, 0) is 19.3 Å². The van der Waals surface area contributed by atoms with Crippen molar-refractivity contribution in [2.24, 2.45) is 10.7 Å². The molecule has 3 fully saturated rings. The van der Waals surface area contributed by atoms with E-state index < -0.39 is 0 Å². The highest BCUT2D eigenvalue weighted by Crippen LogP contribution is 2.29. The Hall–Kier alpha value is -0.770. The van der Waals surface area contributed by atoms with Crippen molar-refractivity contribution < 1.29 is 4.74 Å². The van der Waals surface area contributed by atoms with Crippen LogP contribution in [-0.2, 0) is 4.74 Å². The fraction of sp³-hybridized carbons (Fsp3) is 0.889. The number of nitrogens with two attached hydrogens (primary N) is 1. The molecule has 0 aromatic heterocycles. The fourth-order valence-corrected chi connectivity index (χ4v) is 2.15. The number of hydrogen-bond donors (Lipinski definition) is 1. The summed E-state index contributed by atoms with van der Waals surface area (Å²) in [4.78, 5) is 6.67. The van der Waals surface area contributed by atoms with E-state index in [2.05, 4.69) is 9.89 Å². The molecule has 2 saturated heterocycles. The molecule has 2 N–H and O–H groups in total. The summed E-state index contributed by atoms with van der Waals surface area (Å²) in [5.41, 5.74) is 5.93. The Kier molecular flexibility index (Phi) is 1.53. The number of fused-ring (bicyclic) bond motifs is 2. The molecule has 0 aromatic rings. The van der Waals surface area contributed by atoms with Gasteiger partial charge in [-0.25, -0.2) is 4.99 Å². The molecule has 0 aromatic carbocycles. The predicted molar refractivity (Wildman–Crippen MR) is 49.5 cm³/mol. The lowest BCUT2D eigenvalue weighted by Crippen LogP contribution is -2.45. The molecule has 1 aliphatic carbocycles. The quantitative estimate of drug-likeness (QED) is 0.455. The summed E-state index contributed by atoms with van der Waals surface area (Å²) >= 11 is 0. The first-order valence-corrected chi connectivity index (χ1v) is 5.04. The summed E-state index contributed by atoms with van der Waals surface area (Å²) in [5.74, 6) is 0.748. The van der Waals surface area contributed by atoms with Crippen LogP contribution in [0.5, 0.6) is 0 Å². The van der Waals surface area contributed by atoms with Crippen LogP contribution in [0.15, 0.2) is 4.99 Å². The first kappa shape index (κ1) is 7.62. The maximum atomic E-state index is 5.93. The highest BCUT2D eigenvalue weighted by Gasteiger charge is 2.40. The van der Waals surface area contributed by atoms with E-state index in [1.807, 2.05) is 0 Å². The van der Waals surface area contributed by atoms with Gasteiger partial charge in [0.15, 0.2) is 5.96 Å². The summed E-state index contributed by atoms with van der Waals surface area (Å²) in [5, 5.41) is 0.